The molecular weight excluding hydrogens is 323 g/mol. The lowest BCUT2D eigenvalue weighted by atomic mass is 9.91. The van der Waals surface area contributed by atoms with Gasteiger partial charge in [0.15, 0.2) is 0 Å². The van der Waals surface area contributed by atoms with E-state index in [9.17, 15) is 13.2 Å². The molecule has 1 saturated carbocycles. The van der Waals surface area contributed by atoms with Crippen molar-refractivity contribution in [3.63, 3.8) is 0 Å². The summed E-state index contributed by atoms with van der Waals surface area (Å²) >= 11 is 3.01. The van der Waals surface area contributed by atoms with Gasteiger partial charge in [-0.25, -0.2) is 4.98 Å². The summed E-state index contributed by atoms with van der Waals surface area (Å²) in [4.78, 5) is 3.84. The highest BCUT2D eigenvalue weighted by atomic mass is 79.9. The van der Waals surface area contributed by atoms with Crippen LogP contribution in [0.15, 0.2) is 16.7 Å². The predicted molar refractivity (Wildman–Crippen MR) is 70.8 cm³/mol. The van der Waals surface area contributed by atoms with Gasteiger partial charge in [-0.1, -0.05) is 12.8 Å². The number of aromatic nitrogens is 1. The molecule has 0 aromatic carbocycles. The van der Waals surface area contributed by atoms with Crippen molar-refractivity contribution in [3.8, 4) is 0 Å². The first kappa shape index (κ1) is 14.6. The van der Waals surface area contributed by atoms with Gasteiger partial charge in [0.2, 0.25) is 0 Å². The normalized spacial score (nSPS) is 24.3. The Bertz CT molecular complexity index is 450. The number of hydrogen-bond donors (Lipinski definition) is 2. The second-order valence-corrected chi connectivity index (χ2v) is 5.66. The summed E-state index contributed by atoms with van der Waals surface area (Å²) in [5, 5.41) is 2.86. The first-order valence-electron chi connectivity index (χ1n) is 6.13. The molecule has 0 bridgehead atoms. The van der Waals surface area contributed by atoms with Crippen LogP contribution in [-0.2, 0) is 6.18 Å². The molecule has 3 nitrogen and oxygen atoms in total. The number of rotatable bonds is 2. The van der Waals surface area contributed by atoms with E-state index in [0.717, 1.165) is 31.7 Å². The smallest absolute Gasteiger partial charge is 0.365 e. The molecule has 1 aromatic rings. The molecule has 0 spiro atoms. The second kappa shape index (κ2) is 5.66. The summed E-state index contributed by atoms with van der Waals surface area (Å²) < 4.78 is 39.1. The van der Waals surface area contributed by atoms with Gasteiger partial charge >= 0.3 is 6.18 Å². The summed E-state index contributed by atoms with van der Waals surface area (Å²) in [5.41, 5.74) is 5.17. The number of nitrogens with zero attached hydrogens (tertiary/aromatic N) is 1. The molecular formula is C12H15BrF3N3. The first-order chi connectivity index (χ1) is 8.88. The largest absolute Gasteiger partial charge is 0.419 e. The van der Waals surface area contributed by atoms with Crippen LogP contribution in [0.1, 0.15) is 31.2 Å². The zero-order valence-corrected chi connectivity index (χ0v) is 11.8. The third-order valence-electron chi connectivity index (χ3n) is 3.30. The van der Waals surface area contributed by atoms with Crippen LogP contribution in [0.3, 0.4) is 0 Å². The Kier molecular flexibility index (Phi) is 4.35. The molecule has 1 fully saturated rings. The van der Waals surface area contributed by atoms with Crippen molar-refractivity contribution >= 4 is 21.7 Å². The van der Waals surface area contributed by atoms with Gasteiger partial charge < -0.3 is 11.1 Å². The fraction of sp³-hybridized carbons (Fsp3) is 0.583. The fourth-order valence-corrected chi connectivity index (χ4v) is 2.62. The van der Waals surface area contributed by atoms with Crippen molar-refractivity contribution in [1.82, 2.24) is 4.98 Å². The fourth-order valence-electron chi connectivity index (χ4n) is 2.28. The van der Waals surface area contributed by atoms with Gasteiger partial charge in [0, 0.05) is 22.8 Å². The Morgan fingerprint density at radius 3 is 2.63 bits per heavy atom. The van der Waals surface area contributed by atoms with E-state index in [-0.39, 0.29) is 17.9 Å². The number of nitrogens with two attached hydrogens (primary N) is 1. The van der Waals surface area contributed by atoms with Crippen molar-refractivity contribution < 1.29 is 13.2 Å². The van der Waals surface area contributed by atoms with E-state index < -0.39 is 11.7 Å². The Morgan fingerprint density at radius 1 is 1.32 bits per heavy atom. The molecule has 1 aliphatic rings. The summed E-state index contributed by atoms with van der Waals surface area (Å²) in [6.45, 7) is 0. The maximum atomic E-state index is 12.9. The molecule has 0 radical (unpaired) electrons. The number of nitrogens with one attached hydrogen (secondary N) is 1. The van der Waals surface area contributed by atoms with E-state index in [2.05, 4.69) is 26.2 Å². The number of hydrogen-bond acceptors (Lipinski definition) is 3. The number of alkyl halides is 3. The second-order valence-electron chi connectivity index (χ2n) is 4.75. The van der Waals surface area contributed by atoms with Gasteiger partial charge in [0.05, 0.1) is 5.56 Å². The van der Waals surface area contributed by atoms with Crippen LogP contribution in [0.25, 0.3) is 0 Å². The number of pyridine rings is 1. The van der Waals surface area contributed by atoms with Crippen LogP contribution >= 0.6 is 15.9 Å². The number of halogens is 4. The lowest BCUT2D eigenvalue weighted by molar-refractivity contribution is -0.137. The first-order valence-corrected chi connectivity index (χ1v) is 6.92. The molecule has 0 saturated heterocycles. The average Bonchev–Trinajstić information content (AvgIpc) is 2.33. The summed E-state index contributed by atoms with van der Waals surface area (Å²) in [7, 11) is 0. The van der Waals surface area contributed by atoms with E-state index in [4.69, 9.17) is 5.73 Å². The Hall–Kier alpha value is -0.820. The Morgan fingerprint density at radius 2 is 2.00 bits per heavy atom. The van der Waals surface area contributed by atoms with E-state index in [1.807, 2.05) is 0 Å². The van der Waals surface area contributed by atoms with Gasteiger partial charge in [-0.2, -0.15) is 13.2 Å². The van der Waals surface area contributed by atoms with Gasteiger partial charge in [0.25, 0.3) is 0 Å². The average molecular weight is 338 g/mol. The SMILES string of the molecule is N[C@@H]1CCCC[C@H]1Nc1ncc(Br)cc1C(F)(F)F. The third-order valence-corrected chi connectivity index (χ3v) is 3.73. The molecule has 19 heavy (non-hydrogen) atoms. The zero-order chi connectivity index (χ0) is 14.0. The molecule has 2 rings (SSSR count). The highest BCUT2D eigenvalue weighted by Crippen LogP contribution is 2.36. The molecule has 106 valence electrons. The maximum Gasteiger partial charge on any atom is 0.419 e. The lowest BCUT2D eigenvalue weighted by Crippen LogP contribution is -2.43. The Balaban J connectivity index is 2.24. The van der Waals surface area contributed by atoms with Crippen LogP contribution in [0.2, 0.25) is 0 Å². The lowest BCUT2D eigenvalue weighted by Gasteiger charge is -2.30. The van der Waals surface area contributed by atoms with Crippen LogP contribution < -0.4 is 11.1 Å². The van der Waals surface area contributed by atoms with E-state index in [1.54, 1.807) is 0 Å². The van der Waals surface area contributed by atoms with E-state index in [0.29, 0.717) is 4.47 Å². The minimum Gasteiger partial charge on any atom is -0.365 e. The standard InChI is InChI=1S/C12H15BrF3N3/c13-7-5-8(12(14,15)16)11(18-6-7)19-10-4-2-1-3-9(10)17/h5-6,9-10H,1-4,17H2,(H,18,19)/t9-,10-/m1/s1. The van der Waals surface area contributed by atoms with Gasteiger partial charge in [-0.05, 0) is 34.8 Å². The minimum atomic E-state index is -4.43. The highest BCUT2D eigenvalue weighted by Gasteiger charge is 2.35. The van der Waals surface area contributed by atoms with E-state index >= 15 is 0 Å². The summed E-state index contributed by atoms with van der Waals surface area (Å²) in [6, 6.07) is 0.757. The third kappa shape index (κ3) is 3.60. The van der Waals surface area contributed by atoms with Crippen molar-refractivity contribution in [2.75, 3.05) is 5.32 Å². The molecule has 0 unspecified atom stereocenters. The zero-order valence-electron chi connectivity index (χ0n) is 10.2. The molecule has 7 heteroatoms. The van der Waals surface area contributed by atoms with E-state index in [1.165, 1.54) is 6.20 Å². The topological polar surface area (TPSA) is 50.9 Å². The molecule has 0 amide bonds. The predicted octanol–water partition coefficient (Wildman–Crippen LogP) is 3.54. The minimum absolute atomic E-state index is 0.125. The summed E-state index contributed by atoms with van der Waals surface area (Å²) in [5.74, 6) is -0.141. The quantitative estimate of drug-likeness (QED) is 0.867. The van der Waals surface area contributed by atoms with Gasteiger partial charge in [0.1, 0.15) is 5.82 Å². The van der Waals surface area contributed by atoms with Crippen molar-refractivity contribution in [3.05, 3.63) is 22.3 Å². The van der Waals surface area contributed by atoms with Crippen LogP contribution in [0.4, 0.5) is 19.0 Å². The monoisotopic (exact) mass is 337 g/mol. The van der Waals surface area contributed by atoms with Crippen LogP contribution in [0.5, 0.6) is 0 Å². The maximum absolute atomic E-state index is 12.9. The Labute approximate surface area is 117 Å². The highest BCUT2D eigenvalue weighted by molar-refractivity contribution is 9.10. The molecule has 0 aliphatic heterocycles. The molecule has 3 N–H and O–H groups in total. The van der Waals surface area contributed by atoms with Gasteiger partial charge in [-0.15, -0.1) is 0 Å². The molecule has 2 atom stereocenters. The molecule has 1 aliphatic carbocycles. The van der Waals surface area contributed by atoms with Crippen LogP contribution in [-0.4, -0.2) is 17.1 Å². The molecule has 1 heterocycles. The van der Waals surface area contributed by atoms with Gasteiger partial charge in [-0.3, -0.25) is 0 Å². The number of anilines is 1. The van der Waals surface area contributed by atoms with Crippen LogP contribution in [0, 0.1) is 0 Å². The van der Waals surface area contributed by atoms with Crippen molar-refractivity contribution in [1.29, 1.82) is 0 Å². The molecule has 1 aromatic heterocycles. The van der Waals surface area contributed by atoms with Crippen molar-refractivity contribution in [2.24, 2.45) is 5.73 Å². The summed E-state index contributed by atoms with van der Waals surface area (Å²) in [6.07, 6.45) is 0.526. The van der Waals surface area contributed by atoms with Crippen molar-refractivity contribution in [2.45, 2.75) is 43.9 Å².